The number of carboxylic acid groups (broad SMARTS) is 1. The molecule has 1 aliphatic carbocycles. The average Bonchev–Trinajstić information content (AvgIpc) is 3.72. The number of ketones is 1. The van der Waals surface area contributed by atoms with E-state index in [0.717, 1.165) is 0 Å². The van der Waals surface area contributed by atoms with Gasteiger partial charge in [-0.15, -0.1) is 10.2 Å². The van der Waals surface area contributed by atoms with E-state index in [2.05, 4.69) is 25.6 Å². The minimum Gasteiger partial charge on any atom is -0.481 e. The Bertz CT molecular complexity index is 1250. The number of carboxylic acids is 1. The molecule has 0 aromatic heterocycles. The van der Waals surface area contributed by atoms with Gasteiger partial charge in [0, 0.05) is 35.8 Å². The standard InChI is InChI=1S/C27H33F3N6O7/c28-27(29,30)26(34-35-26)17-8-5-15(6-9-17)13-32-22-24(41)23(40)20(14-33-36-31)43-25(22)42-11-3-1-2-4-18-16(12-21(38)39)7-10-19(18)37/h1-2,5-6,8-9,16,18,20,22-25,32,40-41H,3-4,7,10-14H2,(H,38,39)/b2-1-/t16-,18-,20-,22-,23+,24-,25-/m0/s1. The number of aliphatic hydroxyl groups is 2. The SMILES string of the molecule is [N-]=[N+]=NC[C@@H]1O[C@H](OCC/C=C\C[C@@H]2C(=O)CC[C@H]2CC(=O)O)[C@@H](NCc2ccc(C3(C(F)(F)F)N=N3)cc2)[C@H](O)[C@@H]1O. The van der Waals surface area contributed by atoms with Crippen LogP contribution < -0.4 is 5.32 Å². The quantitative estimate of drug-likeness (QED) is 0.0806. The van der Waals surface area contributed by atoms with E-state index in [4.69, 9.17) is 20.1 Å². The van der Waals surface area contributed by atoms with Crippen molar-refractivity contribution < 1.29 is 47.6 Å². The van der Waals surface area contributed by atoms with Gasteiger partial charge in [0.2, 0.25) is 0 Å². The summed E-state index contributed by atoms with van der Waals surface area (Å²) in [7, 11) is 0. The molecule has 2 heterocycles. The Morgan fingerprint density at radius 3 is 2.58 bits per heavy atom. The first-order valence-electron chi connectivity index (χ1n) is 13.8. The number of carbonyl (C=O) groups excluding carboxylic acids is 1. The number of nitrogens with zero attached hydrogens (tertiary/aromatic N) is 5. The summed E-state index contributed by atoms with van der Waals surface area (Å²) < 4.78 is 51.5. The number of azide groups is 1. The molecule has 1 aromatic carbocycles. The van der Waals surface area contributed by atoms with Crippen molar-refractivity contribution in [3.05, 3.63) is 58.0 Å². The molecular weight excluding hydrogens is 577 g/mol. The van der Waals surface area contributed by atoms with E-state index < -0.39 is 48.5 Å². The minimum atomic E-state index is -4.64. The van der Waals surface area contributed by atoms with Crippen LogP contribution in [0.25, 0.3) is 10.4 Å². The molecule has 234 valence electrons. The highest BCUT2D eigenvalue weighted by atomic mass is 19.4. The summed E-state index contributed by atoms with van der Waals surface area (Å²) in [5.41, 5.74) is 6.58. The predicted molar refractivity (Wildman–Crippen MR) is 142 cm³/mol. The van der Waals surface area contributed by atoms with E-state index in [9.17, 15) is 33.0 Å². The van der Waals surface area contributed by atoms with Gasteiger partial charge in [-0.1, -0.05) is 41.5 Å². The summed E-state index contributed by atoms with van der Waals surface area (Å²) in [6, 6.07) is 4.52. The lowest BCUT2D eigenvalue weighted by Crippen LogP contribution is -2.63. The van der Waals surface area contributed by atoms with Gasteiger partial charge in [0.15, 0.2) is 6.29 Å². The summed E-state index contributed by atoms with van der Waals surface area (Å²) in [5.74, 6) is -1.39. The Morgan fingerprint density at radius 1 is 1.23 bits per heavy atom. The first-order chi connectivity index (χ1) is 20.5. The van der Waals surface area contributed by atoms with Gasteiger partial charge in [-0.25, -0.2) is 0 Å². The van der Waals surface area contributed by atoms with Crippen molar-refractivity contribution >= 4 is 11.8 Å². The fourth-order valence-electron chi connectivity index (χ4n) is 5.47. The fraction of sp³-hybridized carbons (Fsp3) is 0.630. The Morgan fingerprint density at radius 2 is 1.95 bits per heavy atom. The van der Waals surface area contributed by atoms with Crippen molar-refractivity contribution in [3.8, 4) is 0 Å². The van der Waals surface area contributed by atoms with E-state index in [0.29, 0.717) is 31.2 Å². The van der Waals surface area contributed by atoms with E-state index >= 15 is 0 Å². The van der Waals surface area contributed by atoms with Crippen LogP contribution in [0.2, 0.25) is 0 Å². The van der Waals surface area contributed by atoms with Crippen molar-refractivity contribution in [3.63, 3.8) is 0 Å². The fourth-order valence-corrected chi connectivity index (χ4v) is 5.47. The normalized spacial score (nSPS) is 30.0. The summed E-state index contributed by atoms with van der Waals surface area (Å²) in [6.07, 6.45) is -4.27. The number of Topliss-reactive ketones (excluding diaryl/α,β-unsaturated/α-hetero) is 1. The lowest BCUT2D eigenvalue weighted by atomic mass is 9.89. The zero-order chi connectivity index (χ0) is 31.2. The van der Waals surface area contributed by atoms with Crippen LogP contribution >= 0.6 is 0 Å². The molecule has 4 N–H and O–H groups in total. The van der Waals surface area contributed by atoms with Crippen LogP contribution in [0, 0.1) is 11.8 Å². The zero-order valence-electron chi connectivity index (χ0n) is 23.0. The smallest absolute Gasteiger partial charge is 0.442 e. The maximum absolute atomic E-state index is 13.3. The van der Waals surface area contributed by atoms with Gasteiger partial charge in [0.05, 0.1) is 25.3 Å². The van der Waals surface area contributed by atoms with E-state index in [1.165, 1.54) is 24.3 Å². The van der Waals surface area contributed by atoms with E-state index in [1.807, 2.05) is 0 Å². The van der Waals surface area contributed by atoms with Gasteiger partial charge in [0.25, 0.3) is 0 Å². The molecule has 2 aliphatic heterocycles. The number of rotatable bonds is 14. The molecule has 13 nitrogen and oxygen atoms in total. The van der Waals surface area contributed by atoms with Gasteiger partial charge in [-0.3, -0.25) is 9.59 Å². The van der Waals surface area contributed by atoms with Crippen molar-refractivity contribution in [2.45, 2.75) is 81.1 Å². The van der Waals surface area contributed by atoms with Crippen molar-refractivity contribution in [2.24, 2.45) is 27.2 Å². The van der Waals surface area contributed by atoms with E-state index in [1.54, 1.807) is 12.2 Å². The molecule has 0 spiro atoms. The number of aliphatic hydroxyl groups excluding tert-OH is 2. The molecule has 0 bridgehead atoms. The highest BCUT2D eigenvalue weighted by molar-refractivity contribution is 5.84. The van der Waals surface area contributed by atoms with Crippen LogP contribution in [0.5, 0.6) is 0 Å². The summed E-state index contributed by atoms with van der Waals surface area (Å²) in [6.45, 7) is -0.0550. The number of allylic oxidation sites excluding steroid dienone is 1. The third-order valence-electron chi connectivity index (χ3n) is 7.92. The molecule has 0 amide bonds. The van der Waals surface area contributed by atoms with E-state index in [-0.39, 0.29) is 49.3 Å². The van der Waals surface area contributed by atoms with Gasteiger partial charge >= 0.3 is 17.8 Å². The number of hydrogen-bond donors (Lipinski definition) is 4. The molecule has 16 heteroatoms. The Kier molecular flexibility index (Phi) is 10.5. The topological polar surface area (TPSA) is 199 Å². The lowest BCUT2D eigenvalue weighted by Gasteiger charge is -2.42. The Balaban J connectivity index is 1.34. The van der Waals surface area contributed by atoms with Crippen LogP contribution in [-0.2, 0) is 31.3 Å². The summed E-state index contributed by atoms with van der Waals surface area (Å²) in [4.78, 5) is 25.9. The molecule has 1 saturated heterocycles. The Hall–Kier alpha value is -3.40. The van der Waals surface area contributed by atoms with Gasteiger partial charge in [0.1, 0.15) is 18.0 Å². The minimum absolute atomic E-state index is 0.0456. The van der Waals surface area contributed by atoms with Crippen LogP contribution in [0.3, 0.4) is 0 Å². The van der Waals surface area contributed by atoms with Crippen LogP contribution in [0.15, 0.2) is 51.8 Å². The monoisotopic (exact) mass is 610 g/mol. The summed E-state index contributed by atoms with van der Waals surface area (Å²) >= 11 is 0. The van der Waals surface area contributed by atoms with Crippen molar-refractivity contribution in [2.75, 3.05) is 13.2 Å². The highest BCUT2D eigenvalue weighted by Crippen LogP contribution is 2.52. The second-order valence-corrected chi connectivity index (χ2v) is 10.7. The zero-order valence-corrected chi connectivity index (χ0v) is 23.0. The summed E-state index contributed by atoms with van der Waals surface area (Å²) in [5, 5.41) is 43.3. The number of benzene rings is 1. The third-order valence-corrected chi connectivity index (χ3v) is 7.92. The number of nitrogens with one attached hydrogen (secondary N) is 1. The number of halogens is 3. The average molecular weight is 611 g/mol. The molecule has 7 atom stereocenters. The van der Waals surface area contributed by atoms with Crippen molar-refractivity contribution in [1.82, 2.24) is 5.32 Å². The number of alkyl halides is 3. The number of aliphatic carboxylic acids is 1. The Labute approximate surface area is 244 Å². The second-order valence-electron chi connectivity index (χ2n) is 10.7. The largest absolute Gasteiger partial charge is 0.481 e. The molecule has 0 radical (unpaired) electrons. The van der Waals surface area contributed by atoms with Gasteiger partial charge < -0.3 is 30.1 Å². The maximum atomic E-state index is 13.3. The first-order valence-corrected chi connectivity index (χ1v) is 13.8. The molecular formula is C27H33F3N6O7. The molecule has 0 unspecified atom stereocenters. The molecule has 4 rings (SSSR count). The van der Waals surface area contributed by atoms with Crippen LogP contribution in [-0.4, -0.2) is 77.0 Å². The molecule has 1 saturated carbocycles. The molecule has 1 aromatic rings. The van der Waals surface area contributed by atoms with Crippen LogP contribution in [0.4, 0.5) is 13.2 Å². The maximum Gasteiger partial charge on any atom is 0.442 e. The molecule has 2 fully saturated rings. The molecule has 3 aliphatic rings. The highest BCUT2D eigenvalue weighted by Gasteiger charge is 2.65. The van der Waals surface area contributed by atoms with Gasteiger partial charge in [-0.2, -0.15) is 13.2 Å². The molecule has 43 heavy (non-hydrogen) atoms. The first kappa shape index (κ1) is 32.5. The third kappa shape index (κ3) is 7.77. The lowest BCUT2D eigenvalue weighted by molar-refractivity contribution is -0.262. The predicted octanol–water partition coefficient (Wildman–Crippen LogP) is 3.51. The van der Waals surface area contributed by atoms with Gasteiger partial charge in [-0.05, 0) is 36.3 Å². The van der Waals surface area contributed by atoms with Crippen molar-refractivity contribution in [1.29, 1.82) is 0 Å². The van der Waals surface area contributed by atoms with Crippen LogP contribution in [0.1, 0.15) is 43.2 Å². The number of hydrogen-bond acceptors (Lipinski definition) is 10. The number of carbonyl (C=O) groups is 2. The number of ether oxygens (including phenoxy) is 2. The second kappa shape index (κ2) is 13.9.